The molecule has 0 aliphatic carbocycles. The lowest BCUT2D eigenvalue weighted by atomic mass is 9.97. The molecule has 37 heavy (non-hydrogen) atoms. The second-order valence-corrected chi connectivity index (χ2v) is 8.17. The monoisotopic (exact) mass is 506 g/mol. The van der Waals surface area contributed by atoms with Gasteiger partial charge in [0.25, 0.3) is 0 Å². The number of hydrogen-bond donors (Lipinski definition) is 1. The molecule has 0 unspecified atom stereocenters. The second kappa shape index (κ2) is 12.3. The molecule has 1 aliphatic rings. The van der Waals surface area contributed by atoms with Crippen LogP contribution in [0.15, 0.2) is 91.0 Å². The van der Waals surface area contributed by atoms with Gasteiger partial charge in [0, 0.05) is 7.11 Å². The first kappa shape index (κ1) is 26.0. The fourth-order valence-corrected chi connectivity index (χ4v) is 3.91. The maximum Gasteiger partial charge on any atom is 0.338 e. The van der Waals surface area contributed by atoms with E-state index < -0.39 is 55.2 Å². The van der Waals surface area contributed by atoms with E-state index in [1.54, 1.807) is 91.0 Å². The van der Waals surface area contributed by atoms with Gasteiger partial charge in [-0.2, -0.15) is 0 Å². The molecule has 1 fully saturated rings. The lowest BCUT2D eigenvalue weighted by molar-refractivity contribution is -0.292. The summed E-state index contributed by atoms with van der Waals surface area (Å²) in [7, 11) is 1.31. The van der Waals surface area contributed by atoms with E-state index in [4.69, 9.17) is 23.7 Å². The molecule has 4 rings (SSSR count). The largest absolute Gasteiger partial charge is 0.452 e. The van der Waals surface area contributed by atoms with Gasteiger partial charge in [0.2, 0.25) is 0 Å². The molecule has 1 aliphatic heterocycles. The molecule has 1 saturated heterocycles. The van der Waals surface area contributed by atoms with Crippen molar-refractivity contribution in [3.8, 4) is 0 Å². The SMILES string of the molecule is CO[C@H]1O[C@@H](CO)[C@H](OC(=O)c2ccccc2)[C@H](OC(=O)c2ccccc2)[C@H]1OC(=O)c1ccccc1. The van der Waals surface area contributed by atoms with Crippen molar-refractivity contribution in [1.82, 2.24) is 0 Å². The van der Waals surface area contributed by atoms with Crippen molar-refractivity contribution in [1.29, 1.82) is 0 Å². The highest BCUT2D eigenvalue weighted by Crippen LogP contribution is 2.30. The van der Waals surface area contributed by atoms with Gasteiger partial charge in [0.1, 0.15) is 6.10 Å². The molecule has 0 radical (unpaired) electrons. The third kappa shape index (κ3) is 6.21. The fraction of sp³-hybridized carbons (Fsp3) is 0.250. The van der Waals surface area contributed by atoms with Crippen LogP contribution in [0, 0.1) is 0 Å². The van der Waals surface area contributed by atoms with E-state index in [1.807, 2.05) is 0 Å². The third-order valence-electron chi connectivity index (χ3n) is 5.76. The molecule has 5 atom stereocenters. The van der Waals surface area contributed by atoms with Crippen molar-refractivity contribution in [2.75, 3.05) is 13.7 Å². The summed E-state index contributed by atoms with van der Waals surface area (Å²) in [5, 5.41) is 10.1. The lowest BCUT2D eigenvalue weighted by Gasteiger charge is -2.43. The number of aliphatic hydroxyl groups is 1. The molecule has 192 valence electrons. The van der Waals surface area contributed by atoms with Crippen molar-refractivity contribution in [2.24, 2.45) is 0 Å². The van der Waals surface area contributed by atoms with Crippen LogP contribution >= 0.6 is 0 Å². The van der Waals surface area contributed by atoms with Gasteiger partial charge < -0.3 is 28.8 Å². The van der Waals surface area contributed by atoms with E-state index in [9.17, 15) is 19.5 Å². The van der Waals surface area contributed by atoms with E-state index in [0.717, 1.165) is 0 Å². The van der Waals surface area contributed by atoms with Crippen LogP contribution in [0.1, 0.15) is 31.1 Å². The zero-order chi connectivity index (χ0) is 26.2. The van der Waals surface area contributed by atoms with Crippen LogP contribution in [0.4, 0.5) is 0 Å². The number of ether oxygens (including phenoxy) is 5. The number of benzene rings is 3. The Balaban J connectivity index is 1.69. The number of rotatable bonds is 8. The number of carbonyl (C=O) groups is 3. The molecule has 0 amide bonds. The molecule has 0 spiro atoms. The predicted octanol–water partition coefficient (Wildman–Crippen LogP) is 3.03. The van der Waals surface area contributed by atoms with Gasteiger partial charge in [-0.3, -0.25) is 0 Å². The van der Waals surface area contributed by atoms with Gasteiger partial charge in [-0.1, -0.05) is 54.6 Å². The summed E-state index contributed by atoms with van der Waals surface area (Å²) in [5.74, 6) is -2.22. The number of esters is 3. The first-order valence-electron chi connectivity index (χ1n) is 11.6. The smallest absolute Gasteiger partial charge is 0.338 e. The van der Waals surface area contributed by atoms with E-state index in [2.05, 4.69) is 0 Å². The Morgan fingerprint density at radius 3 is 1.41 bits per heavy atom. The normalized spacial score (nSPS) is 23.0. The van der Waals surface area contributed by atoms with Crippen LogP contribution in [-0.4, -0.2) is 67.4 Å². The number of hydrogen-bond acceptors (Lipinski definition) is 9. The van der Waals surface area contributed by atoms with Crippen molar-refractivity contribution in [2.45, 2.75) is 30.7 Å². The molecular formula is C28H26O9. The lowest BCUT2D eigenvalue weighted by Crippen LogP contribution is -2.62. The number of methoxy groups -OCH3 is 1. The van der Waals surface area contributed by atoms with Crippen molar-refractivity contribution >= 4 is 17.9 Å². The van der Waals surface area contributed by atoms with Crippen molar-refractivity contribution < 1.29 is 43.2 Å². The minimum atomic E-state index is -1.37. The summed E-state index contributed by atoms with van der Waals surface area (Å²) in [5.41, 5.74) is 0.705. The average Bonchev–Trinajstić information content (AvgIpc) is 2.95. The van der Waals surface area contributed by atoms with E-state index in [1.165, 1.54) is 7.11 Å². The highest BCUT2D eigenvalue weighted by atomic mass is 16.7. The molecule has 1 N–H and O–H groups in total. The van der Waals surface area contributed by atoms with Gasteiger partial charge in [0.05, 0.1) is 23.3 Å². The quantitative estimate of drug-likeness (QED) is 0.363. The molecule has 3 aromatic rings. The van der Waals surface area contributed by atoms with Crippen LogP contribution in [0.5, 0.6) is 0 Å². The summed E-state index contributed by atoms with van der Waals surface area (Å²) in [6.07, 6.45) is -6.40. The van der Waals surface area contributed by atoms with Gasteiger partial charge in [-0.25, -0.2) is 14.4 Å². The van der Waals surface area contributed by atoms with E-state index >= 15 is 0 Å². The summed E-state index contributed by atoms with van der Waals surface area (Å²) in [6, 6.07) is 24.5. The van der Waals surface area contributed by atoms with Crippen LogP contribution in [-0.2, 0) is 23.7 Å². The summed E-state index contributed by atoms with van der Waals surface area (Å²) in [6.45, 7) is -0.592. The Hall–Kier alpha value is -4.05. The predicted molar refractivity (Wildman–Crippen MR) is 130 cm³/mol. The maximum atomic E-state index is 13.1. The second-order valence-electron chi connectivity index (χ2n) is 8.17. The Kier molecular flexibility index (Phi) is 8.63. The maximum absolute atomic E-state index is 13.1. The Bertz CT molecular complexity index is 1120. The Morgan fingerprint density at radius 2 is 1.03 bits per heavy atom. The highest BCUT2D eigenvalue weighted by molar-refractivity contribution is 5.91. The number of carbonyl (C=O) groups excluding carboxylic acids is 3. The fourth-order valence-electron chi connectivity index (χ4n) is 3.91. The Labute approximate surface area is 213 Å². The first-order chi connectivity index (χ1) is 18.0. The van der Waals surface area contributed by atoms with E-state index in [-0.39, 0.29) is 16.7 Å². The van der Waals surface area contributed by atoms with Crippen LogP contribution < -0.4 is 0 Å². The zero-order valence-electron chi connectivity index (χ0n) is 20.0. The summed E-state index contributed by atoms with van der Waals surface area (Å²) < 4.78 is 28.3. The summed E-state index contributed by atoms with van der Waals surface area (Å²) >= 11 is 0. The minimum absolute atomic E-state index is 0.227. The van der Waals surface area contributed by atoms with Crippen LogP contribution in [0.2, 0.25) is 0 Å². The standard InChI is InChI=1S/C28H26O9/c1-33-28-24(37-27(32)20-15-9-4-10-16-20)23(36-26(31)19-13-7-3-8-14-19)22(21(17-29)34-28)35-25(30)18-11-5-2-6-12-18/h2-16,21-24,28-29H,17H2,1H3/t21-,22-,23-,24+,28-/m0/s1. The van der Waals surface area contributed by atoms with Gasteiger partial charge in [0.15, 0.2) is 24.6 Å². The number of aliphatic hydroxyl groups excluding tert-OH is 1. The van der Waals surface area contributed by atoms with Crippen LogP contribution in [0.25, 0.3) is 0 Å². The molecule has 3 aromatic carbocycles. The highest BCUT2D eigenvalue weighted by Gasteiger charge is 2.52. The van der Waals surface area contributed by atoms with E-state index in [0.29, 0.717) is 0 Å². The molecule has 1 heterocycles. The topological polar surface area (TPSA) is 118 Å². The Morgan fingerprint density at radius 1 is 0.649 bits per heavy atom. The minimum Gasteiger partial charge on any atom is -0.452 e. The first-order valence-corrected chi connectivity index (χ1v) is 11.6. The van der Waals surface area contributed by atoms with Crippen molar-refractivity contribution in [3.05, 3.63) is 108 Å². The molecular weight excluding hydrogens is 480 g/mol. The molecule has 0 bridgehead atoms. The molecule has 0 aromatic heterocycles. The van der Waals surface area contributed by atoms with Gasteiger partial charge in [-0.15, -0.1) is 0 Å². The zero-order valence-corrected chi connectivity index (χ0v) is 20.0. The molecule has 9 heteroatoms. The molecule has 9 nitrogen and oxygen atoms in total. The third-order valence-corrected chi connectivity index (χ3v) is 5.76. The van der Waals surface area contributed by atoms with Gasteiger partial charge >= 0.3 is 17.9 Å². The van der Waals surface area contributed by atoms with Gasteiger partial charge in [-0.05, 0) is 36.4 Å². The average molecular weight is 507 g/mol. The summed E-state index contributed by atoms with van der Waals surface area (Å²) in [4.78, 5) is 38.9. The van der Waals surface area contributed by atoms with Crippen molar-refractivity contribution in [3.63, 3.8) is 0 Å². The molecule has 0 saturated carbocycles. The van der Waals surface area contributed by atoms with Crippen LogP contribution in [0.3, 0.4) is 0 Å².